The summed E-state index contributed by atoms with van der Waals surface area (Å²) in [5.41, 5.74) is 7.52. The number of anilines is 1. The van der Waals surface area contributed by atoms with Gasteiger partial charge in [0.2, 0.25) is 0 Å². The maximum Gasteiger partial charge on any atom is 0.403 e. The lowest BCUT2D eigenvalue weighted by molar-refractivity contribution is -0.383. The van der Waals surface area contributed by atoms with Gasteiger partial charge in [0.1, 0.15) is 5.69 Å². The number of sulfone groups is 1. The monoisotopic (exact) mass is 1930 g/mol. The van der Waals surface area contributed by atoms with Crippen molar-refractivity contribution in [1.29, 1.82) is 0 Å². The molecule has 6 aliphatic heterocycles. The summed E-state index contributed by atoms with van der Waals surface area (Å²) in [4.78, 5) is 73.0. The molecule has 0 bridgehead atoms. The Morgan fingerprint density at radius 3 is 1.19 bits per heavy atom. The molecule has 0 aromatic heterocycles. The van der Waals surface area contributed by atoms with E-state index >= 15 is 0 Å². The van der Waals surface area contributed by atoms with Crippen molar-refractivity contribution in [2.24, 2.45) is 27.6 Å². The van der Waals surface area contributed by atoms with Crippen LogP contribution in [0.4, 0.5) is 16.2 Å². The highest BCUT2D eigenvalue weighted by Crippen LogP contribution is 2.40. The SMILES string of the molecule is CN1CC2(CCN(Cc3ccccc3)C2)C1.COC(=O)C1(C)CCN(Cc2ccccc2)C1.COC(=O)C1CCN(Cc2ccccc2)C1.COC(=O)Cl.Cc1ccc(S(=O)(=O)OCC2(COS(=O)(=O)c3ccc(C)cc3)CCN(Cc3ccccc3)C2)cc1.Cc1ccc(S(C)(=O)=O)cc1.O=C=O.O=[N+]([O-])c1ccccc1NS(=O)[O-].OCC1(CO)CCN(Cc2ccccc2)C1. The number of halogens is 1. The van der Waals surface area contributed by atoms with E-state index in [1.54, 1.807) is 48.5 Å². The molecule has 35 heteroatoms. The van der Waals surface area contributed by atoms with Gasteiger partial charge in [0.15, 0.2) is 9.84 Å². The van der Waals surface area contributed by atoms with E-state index in [1.165, 1.54) is 131 Å². The predicted molar refractivity (Wildman–Crippen MR) is 508 cm³/mol. The van der Waals surface area contributed by atoms with Crippen LogP contribution in [-0.2, 0) is 116 Å². The molecular formula is C98H124ClN8O22S4-. The van der Waals surface area contributed by atoms with Crippen molar-refractivity contribution >= 4 is 87.8 Å². The van der Waals surface area contributed by atoms with E-state index < -0.39 is 57.1 Å². The summed E-state index contributed by atoms with van der Waals surface area (Å²) in [6.45, 7) is 23.6. The van der Waals surface area contributed by atoms with Crippen LogP contribution < -0.4 is 4.72 Å². The molecule has 1 spiro atoms. The zero-order valence-electron chi connectivity index (χ0n) is 76.8. The quantitative estimate of drug-likeness (QED) is 0.00862. The number of hydrogen-bond acceptors (Lipinski definition) is 28. The van der Waals surface area contributed by atoms with E-state index in [4.69, 9.17) is 27.4 Å². The van der Waals surface area contributed by atoms with Crippen LogP contribution in [0.3, 0.4) is 0 Å². The smallest absolute Gasteiger partial charge is 0.403 e. The molecule has 0 saturated carbocycles. The zero-order valence-corrected chi connectivity index (χ0v) is 80.9. The number of methoxy groups -OCH3 is 3. The minimum absolute atomic E-state index is 0.0409. The zero-order chi connectivity index (χ0) is 97.3. The number of aryl methyl sites for hydroxylation is 3. The first kappa shape index (κ1) is 110. The molecule has 0 aliphatic carbocycles. The molecule has 3 unspecified atom stereocenters. The fourth-order valence-electron chi connectivity index (χ4n) is 16.1. The lowest BCUT2D eigenvalue weighted by Gasteiger charge is -2.46. The third kappa shape index (κ3) is 37.5. The topological polar surface area (TPSA) is 389 Å². The van der Waals surface area contributed by atoms with E-state index in [-0.39, 0.29) is 82.4 Å². The highest BCUT2D eigenvalue weighted by atomic mass is 35.5. The molecule has 3 atom stereocenters. The Kier molecular flexibility index (Phi) is 44.9. The van der Waals surface area contributed by atoms with Gasteiger partial charge in [-0.25, -0.2) is 13.2 Å². The molecule has 9 aromatic rings. The number of nitrogens with one attached hydrogen (secondary N) is 1. The standard InChI is InChI=1S/C27H31NO6S2.C14H20N2.C14H19NO2.C13H17NO2.C13H19NO2.C8H10O2S.C6H6N2O4S.C2H3ClO2.CO2/c1-22-8-12-25(13-9-22)35(29,30)33-20-27(16-17-28(19-27)18-24-6-4-3-5-7-24)21-34-36(31,32)26-14-10-23(2)11-15-26;1-15-10-14(11-15)7-8-16(12-14)9-13-5-3-2-4-6-13;1-14(13(16)17-2)8-9-15(11-14)10-12-6-4-3-5-7-12;1-16-13(15)12-7-8-14(10-12)9-11-5-3-2-4-6-11;15-10-13(11-16)6-7-14(9-13)8-12-4-2-1-3-5-12;1-7-3-5-8(6-4-7)11(2,9)10;9-8(10)6-4-2-1-3-5(6)7-13(11)12;1-5-2(3)4;2-1-3/h3-15H,16-21H2,1-2H3;2-6H,7-12H2,1H3;3-7H,8-11H2,1-2H3;2-6,12H,7-10H2,1H3;1-5,15-16H,6-11H2;3-6H,1-2H3;1-4,7H,(H,11,12);1H3;/p-1. The second kappa shape index (κ2) is 54.4. The second-order valence-corrected chi connectivity index (χ2v) is 40.6. The van der Waals surface area contributed by atoms with Gasteiger partial charge in [-0.3, -0.25) is 56.8 Å². The van der Waals surface area contributed by atoms with Gasteiger partial charge in [0.05, 0.1) is 78.7 Å². The molecule has 720 valence electrons. The summed E-state index contributed by atoms with van der Waals surface area (Å²) in [6.07, 6.45) is 6.06. The second-order valence-electron chi connectivity index (χ2n) is 34.3. The molecule has 6 heterocycles. The van der Waals surface area contributed by atoms with Crippen molar-refractivity contribution < 1.29 is 95.7 Å². The van der Waals surface area contributed by atoms with Gasteiger partial charge >= 0.3 is 23.5 Å². The number of carbonyl (C=O) groups excluding carboxylic acids is 5. The first-order valence-electron chi connectivity index (χ1n) is 43.2. The van der Waals surface area contributed by atoms with Crippen molar-refractivity contribution in [1.82, 2.24) is 29.4 Å². The number of ether oxygens (including phenoxy) is 3. The molecule has 6 saturated heterocycles. The molecule has 3 N–H and O–H groups in total. The van der Waals surface area contributed by atoms with Gasteiger partial charge in [-0.2, -0.15) is 26.4 Å². The van der Waals surface area contributed by atoms with Crippen molar-refractivity contribution in [2.45, 2.75) is 107 Å². The lowest BCUT2D eigenvalue weighted by atomic mass is 9.79. The molecule has 6 aliphatic rings. The molecule has 9 aromatic carbocycles. The van der Waals surface area contributed by atoms with Crippen LogP contribution in [0.15, 0.2) is 263 Å². The number of rotatable bonds is 26. The lowest BCUT2D eigenvalue weighted by Crippen LogP contribution is -2.55. The number of hydrogen-bond donors (Lipinski definition) is 3. The Balaban J connectivity index is 0.000000217. The molecule has 0 radical (unpaired) electrons. The fourth-order valence-corrected chi connectivity index (χ4v) is 19.1. The number of aliphatic hydroxyl groups excluding tert-OH is 2. The Hall–Kier alpha value is -10.2. The Labute approximate surface area is 790 Å². The summed E-state index contributed by atoms with van der Waals surface area (Å²) in [7, 11) is -4.67. The molecular weight excluding hydrogens is 1800 g/mol. The average molecular weight is 1930 g/mol. The number of para-hydroxylation sites is 2. The molecule has 30 nitrogen and oxygen atoms in total. The van der Waals surface area contributed by atoms with Gasteiger partial charge in [-0.1, -0.05) is 217 Å². The summed E-state index contributed by atoms with van der Waals surface area (Å²) < 4.78 is 120. The number of nitrogens with zero attached hydrogens (tertiary/aromatic N) is 7. The first-order valence-corrected chi connectivity index (χ1v) is 49.4. The summed E-state index contributed by atoms with van der Waals surface area (Å²) in [5, 5.41) is 29.0. The van der Waals surface area contributed by atoms with Gasteiger partial charge in [0, 0.05) is 130 Å². The van der Waals surface area contributed by atoms with Gasteiger partial charge in [-0.15, -0.1) is 0 Å². The van der Waals surface area contributed by atoms with Gasteiger partial charge in [0.25, 0.3) is 25.9 Å². The fraction of sp³-hybridized carbons (Fsp3) is 0.408. The van der Waals surface area contributed by atoms with Crippen LogP contribution in [0.1, 0.15) is 83.5 Å². The van der Waals surface area contributed by atoms with E-state index in [1.807, 2.05) is 117 Å². The largest absolute Gasteiger partial charge is 0.755 e. The van der Waals surface area contributed by atoms with Crippen LogP contribution in [-0.4, -0.2) is 242 Å². The van der Waals surface area contributed by atoms with Crippen molar-refractivity contribution in [3.63, 3.8) is 0 Å². The van der Waals surface area contributed by atoms with Gasteiger partial charge < -0.3 is 38.6 Å². The maximum atomic E-state index is 12.9. The highest BCUT2D eigenvalue weighted by Gasteiger charge is 2.47. The Morgan fingerprint density at radius 2 is 0.835 bits per heavy atom. The predicted octanol–water partition coefficient (Wildman–Crippen LogP) is 13.4. The Bertz CT molecular complexity index is 5390. The highest BCUT2D eigenvalue weighted by molar-refractivity contribution is 7.90. The van der Waals surface area contributed by atoms with Crippen molar-refractivity contribution in [3.05, 3.63) is 303 Å². The van der Waals surface area contributed by atoms with Crippen LogP contribution in [0.25, 0.3) is 0 Å². The first-order chi connectivity index (χ1) is 63.3. The van der Waals surface area contributed by atoms with E-state index in [2.05, 4.69) is 120 Å². The number of benzene rings is 9. The average Bonchev–Trinajstić information content (AvgIpc) is 1.59. The van der Waals surface area contributed by atoms with E-state index in [0.29, 0.717) is 36.4 Å². The number of carbonyl (C=O) groups is 3. The van der Waals surface area contributed by atoms with Crippen LogP contribution in [0.2, 0.25) is 0 Å². The third-order valence-electron chi connectivity index (χ3n) is 23.3. The number of nitro groups is 1. The minimum atomic E-state index is -4.01. The van der Waals surface area contributed by atoms with Crippen LogP contribution in [0, 0.1) is 58.5 Å². The van der Waals surface area contributed by atoms with Crippen molar-refractivity contribution in [2.75, 3.05) is 144 Å². The minimum Gasteiger partial charge on any atom is -0.755 e. The number of nitro benzene ring substituents is 1. The molecule has 0 amide bonds. The van der Waals surface area contributed by atoms with Crippen LogP contribution in [0.5, 0.6) is 0 Å². The molecule has 6 fully saturated rings. The summed E-state index contributed by atoms with van der Waals surface area (Å²) in [6, 6.07) is 76.9. The van der Waals surface area contributed by atoms with Crippen molar-refractivity contribution in [3.8, 4) is 0 Å². The normalized spacial score (nSPS) is 17.9. The number of likely N-dealkylation sites (tertiary alicyclic amines) is 6. The van der Waals surface area contributed by atoms with E-state index in [0.717, 1.165) is 107 Å². The molecule has 15 rings (SSSR count). The summed E-state index contributed by atoms with van der Waals surface area (Å²) in [5.74, 6) is -0.0997. The van der Waals surface area contributed by atoms with Gasteiger partial charge in [-0.05, 0) is 170 Å². The van der Waals surface area contributed by atoms with E-state index in [9.17, 15) is 68.7 Å². The maximum absolute atomic E-state index is 12.9. The van der Waals surface area contributed by atoms with Crippen LogP contribution >= 0.6 is 11.6 Å². The number of esters is 2. The Morgan fingerprint density at radius 1 is 0.489 bits per heavy atom. The summed E-state index contributed by atoms with van der Waals surface area (Å²) >= 11 is 2.05. The number of aliphatic hydroxyl groups is 2. The molecule has 133 heavy (non-hydrogen) atoms. The third-order valence-corrected chi connectivity index (χ3v) is 27.5.